The van der Waals surface area contributed by atoms with Crippen LogP contribution in [0.3, 0.4) is 0 Å². The zero-order valence-corrected chi connectivity index (χ0v) is 9.01. The molecule has 2 nitrogen and oxygen atoms in total. The van der Waals surface area contributed by atoms with E-state index in [0.29, 0.717) is 0 Å². The monoisotopic (exact) mass is 200 g/mol. The molecule has 1 fully saturated rings. The number of H-pyrrole nitrogens is 1. The number of aryl methyl sites for hydroxylation is 1. The Labute approximate surface area is 89.7 Å². The summed E-state index contributed by atoms with van der Waals surface area (Å²) in [6.07, 6.45) is 2.69. The zero-order valence-electron chi connectivity index (χ0n) is 9.01. The Bertz CT molecular complexity index is 480. The van der Waals surface area contributed by atoms with Gasteiger partial charge in [0, 0.05) is 23.8 Å². The van der Waals surface area contributed by atoms with Crippen LogP contribution in [0.1, 0.15) is 24.1 Å². The number of fused-ring (bicyclic) bond motifs is 1. The molecule has 2 N–H and O–H groups in total. The Kier molecular flexibility index (Phi) is 2.03. The lowest BCUT2D eigenvalue weighted by Gasteiger charge is -1.98. The van der Waals surface area contributed by atoms with Crippen LogP contribution in [0.25, 0.3) is 10.9 Å². The summed E-state index contributed by atoms with van der Waals surface area (Å²) in [4.78, 5) is 3.46. The fourth-order valence-corrected chi connectivity index (χ4v) is 1.94. The molecule has 1 aromatic heterocycles. The molecule has 15 heavy (non-hydrogen) atoms. The molecular formula is C13H16N2. The summed E-state index contributed by atoms with van der Waals surface area (Å²) in [7, 11) is 0. The van der Waals surface area contributed by atoms with Gasteiger partial charge in [-0.15, -0.1) is 0 Å². The molecule has 78 valence electrons. The average molecular weight is 200 g/mol. The molecule has 0 radical (unpaired) electrons. The summed E-state index contributed by atoms with van der Waals surface area (Å²) in [5.41, 5.74) is 3.86. The van der Waals surface area contributed by atoms with Gasteiger partial charge in [0.1, 0.15) is 0 Å². The second kappa shape index (κ2) is 3.38. The number of hydrogen-bond donors (Lipinski definition) is 2. The van der Waals surface area contributed by atoms with E-state index in [-0.39, 0.29) is 0 Å². The van der Waals surface area contributed by atoms with E-state index < -0.39 is 0 Å². The summed E-state index contributed by atoms with van der Waals surface area (Å²) in [5.74, 6) is 0. The molecular weight excluding hydrogens is 184 g/mol. The SMILES string of the molecule is Cc1ccc2cc(CNC3CC3)[nH]c2c1. The quantitative estimate of drug-likeness (QED) is 0.783. The smallest absolute Gasteiger partial charge is 0.0459 e. The van der Waals surface area contributed by atoms with Crippen molar-refractivity contribution < 1.29 is 0 Å². The van der Waals surface area contributed by atoms with Crippen molar-refractivity contribution in [3.63, 3.8) is 0 Å². The van der Waals surface area contributed by atoms with Crippen LogP contribution in [0.2, 0.25) is 0 Å². The molecule has 0 aliphatic heterocycles. The number of nitrogens with one attached hydrogen (secondary N) is 2. The highest BCUT2D eigenvalue weighted by Gasteiger charge is 2.20. The minimum absolute atomic E-state index is 0.776. The van der Waals surface area contributed by atoms with Crippen LogP contribution in [0, 0.1) is 6.92 Å². The van der Waals surface area contributed by atoms with Gasteiger partial charge in [0.05, 0.1) is 0 Å². The average Bonchev–Trinajstić information content (AvgIpc) is 2.95. The topological polar surface area (TPSA) is 27.8 Å². The summed E-state index contributed by atoms with van der Waals surface area (Å²) in [6, 6.07) is 9.56. The molecule has 1 aliphatic rings. The van der Waals surface area contributed by atoms with Gasteiger partial charge in [0.25, 0.3) is 0 Å². The van der Waals surface area contributed by atoms with Crippen LogP contribution in [-0.4, -0.2) is 11.0 Å². The largest absolute Gasteiger partial charge is 0.357 e. The van der Waals surface area contributed by atoms with Crippen molar-refractivity contribution >= 4 is 10.9 Å². The first-order valence-electron chi connectivity index (χ1n) is 5.63. The molecule has 3 rings (SSSR count). The minimum atomic E-state index is 0.776. The van der Waals surface area contributed by atoms with E-state index in [1.807, 2.05) is 0 Å². The van der Waals surface area contributed by atoms with Crippen molar-refractivity contribution in [2.45, 2.75) is 32.4 Å². The van der Waals surface area contributed by atoms with Crippen LogP contribution >= 0.6 is 0 Å². The fraction of sp³-hybridized carbons (Fsp3) is 0.385. The zero-order chi connectivity index (χ0) is 10.3. The number of aromatic nitrogens is 1. The highest BCUT2D eigenvalue weighted by molar-refractivity contribution is 5.81. The van der Waals surface area contributed by atoms with E-state index >= 15 is 0 Å². The van der Waals surface area contributed by atoms with Gasteiger partial charge in [-0.1, -0.05) is 12.1 Å². The van der Waals surface area contributed by atoms with Gasteiger partial charge in [-0.2, -0.15) is 0 Å². The van der Waals surface area contributed by atoms with Crippen LogP contribution in [0.4, 0.5) is 0 Å². The predicted octanol–water partition coefficient (Wildman–Crippen LogP) is 2.73. The Morgan fingerprint density at radius 2 is 2.20 bits per heavy atom. The second-order valence-corrected chi connectivity index (χ2v) is 4.54. The lowest BCUT2D eigenvalue weighted by Crippen LogP contribution is -2.15. The van der Waals surface area contributed by atoms with Gasteiger partial charge in [-0.3, -0.25) is 0 Å². The second-order valence-electron chi connectivity index (χ2n) is 4.54. The first-order chi connectivity index (χ1) is 7.31. The van der Waals surface area contributed by atoms with E-state index in [0.717, 1.165) is 12.6 Å². The van der Waals surface area contributed by atoms with Crippen molar-refractivity contribution in [1.29, 1.82) is 0 Å². The summed E-state index contributed by atoms with van der Waals surface area (Å²) >= 11 is 0. The molecule has 0 spiro atoms. The van der Waals surface area contributed by atoms with Crippen molar-refractivity contribution in [3.8, 4) is 0 Å². The van der Waals surface area contributed by atoms with Gasteiger partial charge in [-0.25, -0.2) is 0 Å². The van der Waals surface area contributed by atoms with Crippen LogP contribution in [0.15, 0.2) is 24.3 Å². The van der Waals surface area contributed by atoms with Gasteiger partial charge in [0.15, 0.2) is 0 Å². The van der Waals surface area contributed by atoms with Crippen LogP contribution in [-0.2, 0) is 6.54 Å². The number of aromatic amines is 1. The van der Waals surface area contributed by atoms with Gasteiger partial charge in [-0.05, 0) is 42.8 Å². The van der Waals surface area contributed by atoms with E-state index in [1.165, 1.54) is 35.0 Å². The predicted molar refractivity (Wildman–Crippen MR) is 62.9 cm³/mol. The first-order valence-corrected chi connectivity index (χ1v) is 5.63. The first kappa shape index (κ1) is 8.98. The Morgan fingerprint density at radius 1 is 1.33 bits per heavy atom. The van der Waals surface area contributed by atoms with E-state index in [2.05, 4.69) is 41.5 Å². The van der Waals surface area contributed by atoms with Crippen LogP contribution < -0.4 is 5.32 Å². The maximum Gasteiger partial charge on any atom is 0.0459 e. The normalized spacial score (nSPS) is 16.1. The van der Waals surface area contributed by atoms with Gasteiger partial charge in [0.2, 0.25) is 0 Å². The Balaban J connectivity index is 1.84. The third-order valence-corrected chi connectivity index (χ3v) is 2.99. The molecule has 1 heterocycles. The van der Waals surface area contributed by atoms with Crippen molar-refractivity contribution in [2.75, 3.05) is 0 Å². The van der Waals surface area contributed by atoms with Gasteiger partial charge >= 0.3 is 0 Å². The van der Waals surface area contributed by atoms with Crippen molar-refractivity contribution in [2.24, 2.45) is 0 Å². The van der Waals surface area contributed by atoms with E-state index in [1.54, 1.807) is 0 Å². The summed E-state index contributed by atoms with van der Waals surface area (Å²) < 4.78 is 0. The van der Waals surface area contributed by atoms with Gasteiger partial charge < -0.3 is 10.3 Å². The number of benzene rings is 1. The lowest BCUT2D eigenvalue weighted by atomic mass is 10.2. The summed E-state index contributed by atoms with van der Waals surface area (Å²) in [6.45, 7) is 3.10. The number of hydrogen-bond acceptors (Lipinski definition) is 1. The molecule has 1 saturated carbocycles. The van der Waals surface area contributed by atoms with Crippen molar-refractivity contribution in [3.05, 3.63) is 35.5 Å². The molecule has 2 heteroatoms. The Morgan fingerprint density at radius 3 is 3.00 bits per heavy atom. The molecule has 2 aromatic rings. The highest BCUT2D eigenvalue weighted by atomic mass is 15.0. The highest BCUT2D eigenvalue weighted by Crippen LogP contribution is 2.20. The number of rotatable bonds is 3. The molecule has 0 amide bonds. The molecule has 1 aliphatic carbocycles. The third kappa shape index (κ3) is 1.90. The molecule has 0 bridgehead atoms. The van der Waals surface area contributed by atoms with E-state index in [9.17, 15) is 0 Å². The maximum atomic E-state index is 3.52. The molecule has 0 saturated heterocycles. The van der Waals surface area contributed by atoms with E-state index in [4.69, 9.17) is 0 Å². The lowest BCUT2D eigenvalue weighted by molar-refractivity contribution is 0.678. The third-order valence-electron chi connectivity index (χ3n) is 2.99. The fourth-order valence-electron chi connectivity index (χ4n) is 1.94. The standard InChI is InChI=1S/C13H16N2/c1-9-2-3-10-7-12(15-13(10)6-9)8-14-11-4-5-11/h2-3,6-7,11,14-15H,4-5,8H2,1H3. The minimum Gasteiger partial charge on any atom is -0.357 e. The molecule has 0 unspecified atom stereocenters. The van der Waals surface area contributed by atoms with Crippen LogP contribution in [0.5, 0.6) is 0 Å². The molecule has 1 aromatic carbocycles. The molecule has 0 atom stereocenters. The Hall–Kier alpha value is -1.28. The van der Waals surface area contributed by atoms with Crippen molar-refractivity contribution in [1.82, 2.24) is 10.3 Å². The summed E-state index contributed by atoms with van der Waals surface area (Å²) in [5, 5.41) is 4.83. The maximum absolute atomic E-state index is 3.52.